The maximum absolute atomic E-state index is 12.9. The minimum Gasteiger partial charge on any atom is -0.451 e. The Morgan fingerprint density at radius 3 is 2.62 bits per heavy atom. The molecule has 1 aromatic carbocycles. The zero-order valence-corrected chi connectivity index (χ0v) is 14.1. The van der Waals surface area contributed by atoms with E-state index >= 15 is 0 Å². The number of carbonyl (C=O) groups excluding carboxylic acids is 1. The third kappa shape index (κ3) is 3.28. The van der Waals surface area contributed by atoms with Crippen LogP contribution >= 0.6 is 0 Å². The summed E-state index contributed by atoms with van der Waals surface area (Å²) in [7, 11) is 5.68. The normalized spacial score (nSPS) is 11.2. The van der Waals surface area contributed by atoms with Gasteiger partial charge in [0.15, 0.2) is 5.76 Å². The van der Waals surface area contributed by atoms with Crippen molar-refractivity contribution >= 4 is 16.9 Å². The summed E-state index contributed by atoms with van der Waals surface area (Å²) in [6.07, 6.45) is 4.88. The van der Waals surface area contributed by atoms with Gasteiger partial charge in [-0.05, 0) is 20.2 Å². The van der Waals surface area contributed by atoms with Crippen LogP contribution in [0.4, 0.5) is 0 Å². The number of rotatable bonds is 5. The number of fused-ring (bicyclic) bond motifs is 1. The standard InChI is InChI=1S/C18H20N4O2/c1-21(2)12-15-14-6-4-5-7-16(14)24-17(15)18(23)22(3)11-13-10-19-8-9-20-13/h4-10H,11-12H2,1-3H3. The molecule has 0 saturated carbocycles. The van der Waals surface area contributed by atoms with Gasteiger partial charge in [0.1, 0.15) is 5.58 Å². The molecule has 2 aromatic heterocycles. The fourth-order valence-electron chi connectivity index (χ4n) is 2.64. The number of carbonyl (C=O) groups is 1. The van der Waals surface area contributed by atoms with Crippen molar-refractivity contribution in [2.24, 2.45) is 0 Å². The van der Waals surface area contributed by atoms with Crippen LogP contribution in [0.3, 0.4) is 0 Å². The molecule has 0 aliphatic carbocycles. The summed E-state index contributed by atoms with van der Waals surface area (Å²) in [6.45, 7) is 1.02. The summed E-state index contributed by atoms with van der Waals surface area (Å²) in [5.74, 6) is 0.227. The van der Waals surface area contributed by atoms with E-state index in [9.17, 15) is 4.79 Å². The first-order valence-corrected chi connectivity index (χ1v) is 7.71. The van der Waals surface area contributed by atoms with E-state index in [-0.39, 0.29) is 5.91 Å². The Labute approximate surface area is 140 Å². The number of para-hydroxylation sites is 1. The first-order chi connectivity index (χ1) is 11.6. The molecule has 124 valence electrons. The van der Waals surface area contributed by atoms with Gasteiger partial charge in [0.2, 0.25) is 0 Å². The number of furan rings is 1. The zero-order chi connectivity index (χ0) is 17.1. The van der Waals surface area contributed by atoms with Gasteiger partial charge in [0.05, 0.1) is 18.4 Å². The third-order valence-corrected chi connectivity index (χ3v) is 3.73. The van der Waals surface area contributed by atoms with Crippen LogP contribution in [0.1, 0.15) is 21.8 Å². The molecule has 6 nitrogen and oxygen atoms in total. The van der Waals surface area contributed by atoms with Crippen LogP contribution in [0.25, 0.3) is 11.0 Å². The summed E-state index contributed by atoms with van der Waals surface area (Å²) in [5.41, 5.74) is 2.37. The molecule has 0 spiro atoms. The molecule has 0 fully saturated rings. The van der Waals surface area contributed by atoms with Gasteiger partial charge in [0, 0.05) is 36.9 Å². The first kappa shape index (κ1) is 16.1. The van der Waals surface area contributed by atoms with Crippen molar-refractivity contribution in [2.45, 2.75) is 13.1 Å². The minimum atomic E-state index is -0.159. The van der Waals surface area contributed by atoms with Crippen LogP contribution in [-0.2, 0) is 13.1 Å². The van der Waals surface area contributed by atoms with E-state index in [1.807, 2.05) is 43.3 Å². The molecule has 0 bridgehead atoms. The lowest BCUT2D eigenvalue weighted by Gasteiger charge is -2.17. The largest absolute Gasteiger partial charge is 0.451 e. The first-order valence-electron chi connectivity index (χ1n) is 7.71. The molecule has 0 atom stereocenters. The Balaban J connectivity index is 1.93. The van der Waals surface area contributed by atoms with Gasteiger partial charge in [-0.3, -0.25) is 14.8 Å². The zero-order valence-electron chi connectivity index (χ0n) is 14.1. The molecule has 0 aliphatic heterocycles. The van der Waals surface area contributed by atoms with Crippen molar-refractivity contribution in [3.8, 4) is 0 Å². The lowest BCUT2D eigenvalue weighted by atomic mass is 10.1. The Hall–Kier alpha value is -2.73. The van der Waals surface area contributed by atoms with E-state index in [4.69, 9.17) is 4.42 Å². The molecular weight excluding hydrogens is 304 g/mol. The second kappa shape index (κ2) is 6.80. The molecule has 0 unspecified atom stereocenters. The summed E-state index contributed by atoms with van der Waals surface area (Å²) in [6, 6.07) is 7.72. The summed E-state index contributed by atoms with van der Waals surface area (Å²) in [4.78, 5) is 24.8. The van der Waals surface area contributed by atoms with Crippen molar-refractivity contribution in [1.29, 1.82) is 0 Å². The molecule has 0 N–H and O–H groups in total. The number of amides is 1. The van der Waals surface area contributed by atoms with Crippen LogP contribution in [0.15, 0.2) is 47.3 Å². The highest BCUT2D eigenvalue weighted by Gasteiger charge is 2.23. The second-order valence-corrected chi connectivity index (χ2v) is 6.00. The van der Waals surface area contributed by atoms with Gasteiger partial charge in [0.25, 0.3) is 5.91 Å². The van der Waals surface area contributed by atoms with E-state index in [0.717, 1.165) is 22.2 Å². The van der Waals surface area contributed by atoms with E-state index in [0.29, 0.717) is 18.8 Å². The maximum atomic E-state index is 12.9. The predicted molar refractivity (Wildman–Crippen MR) is 91.4 cm³/mol. The van der Waals surface area contributed by atoms with Gasteiger partial charge in [-0.2, -0.15) is 0 Å². The van der Waals surface area contributed by atoms with Crippen molar-refractivity contribution < 1.29 is 9.21 Å². The smallest absolute Gasteiger partial charge is 0.290 e. The molecule has 0 saturated heterocycles. The molecular formula is C18H20N4O2. The molecule has 3 rings (SSSR count). The van der Waals surface area contributed by atoms with E-state index in [1.54, 1.807) is 30.5 Å². The predicted octanol–water partition coefficient (Wildman–Crippen LogP) is 2.56. The monoisotopic (exact) mass is 324 g/mol. The molecule has 3 aromatic rings. The van der Waals surface area contributed by atoms with Crippen molar-refractivity contribution in [3.63, 3.8) is 0 Å². The number of benzene rings is 1. The highest BCUT2D eigenvalue weighted by molar-refractivity contribution is 5.98. The van der Waals surface area contributed by atoms with Crippen molar-refractivity contribution in [2.75, 3.05) is 21.1 Å². The van der Waals surface area contributed by atoms with Gasteiger partial charge >= 0.3 is 0 Å². The summed E-state index contributed by atoms with van der Waals surface area (Å²) >= 11 is 0. The second-order valence-electron chi connectivity index (χ2n) is 6.00. The molecule has 0 radical (unpaired) electrons. The van der Waals surface area contributed by atoms with Gasteiger partial charge in [-0.15, -0.1) is 0 Å². The van der Waals surface area contributed by atoms with E-state index in [1.165, 1.54) is 0 Å². The highest BCUT2D eigenvalue weighted by Crippen LogP contribution is 2.27. The number of hydrogen-bond donors (Lipinski definition) is 0. The number of aromatic nitrogens is 2. The van der Waals surface area contributed by atoms with Crippen LogP contribution in [0.2, 0.25) is 0 Å². The van der Waals surface area contributed by atoms with Crippen molar-refractivity contribution in [3.05, 3.63) is 59.9 Å². The van der Waals surface area contributed by atoms with E-state index in [2.05, 4.69) is 9.97 Å². The van der Waals surface area contributed by atoms with Crippen LogP contribution in [0, 0.1) is 0 Å². The minimum absolute atomic E-state index is 0.159. The maximum Gasteiger partial charge on any atom is 0.290 e. The van der Waals surface area contributed by atoms with Crippen LogP contribution in [-0.4, -0.2) is 46.8 Å². The Morgan fingerprint density at radius 1 is 1.12 bits per heavy atom. The number of hydrogen-bond acceptors (Lipinski definition) is 5. The third-order valence-electron chi connectivity index (χ3n) is 3.73. The van der Waals surface area contributed by atoms with Gasteiger partial charge in [-0.1, -0.05) is 18.2 Å². The lowest BCUT2D eigenvalue weighted by Crippen LogP contribution is -2.27. The fourth-order valence-corrected chi connectivity index (χ4v) is 2.64. The fraction of sp³-hybridized carbons (Fsp3) is 0.278. The van der Waals surface area contributed by atoms with E-state index < -0.39 is 0 Å². The molecule has 6 heteroatoms. The number of nitrogens with zero attached hydrogens (tertiary/aromatic N) is 4. The van der Waals surface area contributed by atoms with Crippen LogP contribution < -0.4 is 0 Å². The Kier molecular flexibility index (Phi) is 4.57. The molecule has 24 heavy (non-hydrogen) atoms. The Morgan fingerprint density at radius 2 is 1.92 bits per heavy atom. The quantitative estimate of drug-likeness (QED) is 0.722. The topological polar surface area (TPSA) is 62.5 Å². The van der Waals surface area contributed by atoms with Crippen LogP contribution in [0.5, 0.6) is 0 Å². The highest BCUT2D eigenvalue weighted by atomic mass is 16.3. The molecule has 2 heterocycles. The van der Waals surface area contributed by atoms with Gasteiger partial charge in [-0.25, -0.2) is 0 Å². The average molecular weight is 324 g/mol. The van der Waals surface area contributed by atoms with Crippen molar-refractivity contribution in [1.82, 2.24) is 19.8 Å². The molecule has 0 aliphatic rings. The Bertz CT molecular complexity index is 843. The summed E-state index contributed by atoms with van der Waals surface area (Å²) < 4.78 is 5.87. The summed E-state index contributed by atoms with van der Waals surface area (Å²) in [5, 5.41) is 0.974. The SMILES string of the molecule is CN(C)Cc1c(C(=O)N(C)Cc2cnccn2)oc2ccccc12. The van der Waals surface area contributed by atoms with Gasteiger partial charge < -0.3 is 14.2 Å². The average Bonchev–Trinajstić information content (AvgIpc) is 2.93. The lowest BCUT2D eigenvalue weighted by molar-refractivity contribution is 0.0751. The molecule has 1 amide bonds.